The third-order valence-corrected chi connectivity index (χ3v) is 11.0. The highest BCUT2D eigenvalue weighted by Gasteiger charge is 2.41. The summed E-state index contributed by atoms with van der Waals surface area (Å²) >= 11 is 0. The van der Waals surface area contributed by atoms with Gasteiger partial charge in [0.15, 0.2) is 0 Å². The van der Waals surface area contributed by atoms with Gasteiger partial charge in [-0.25, -0.2) is 13.2 Å². The maximum Gasteiger partial charge on any atom is 0.321 e. The number of hydrogen-bond acceptors (Lipinski definition) is 8. The Bertz CT molecular complexity index is 1670. The molecule has 3 amide bonds. The molecule has 4 rings (SSSR count). The number of aliphatic hydroxyl groups is 1. The van der Waals surface area contributed by atoms with E-state index in [0.717, 1.165) is 17.0 Å². The maximum atomic E-state index is 14.3. The Labute approximate surface area is 302 Å². The summed E-state index contributed by atoms with van der Waals surface area (Å²) < 4.78 is 39.5. The van der Waals surface area contributed by atoms with Gasteiger partial charge in [-0.1, -0.05) is 70.5 Å². The van der Waals surface area contributed by atoms with E-state index < -0.39 is 34.1 Å². The molecule has 3 aromatic rings. The van der Waals surface area contributed by atoms with Crippen LogP contribution in [-0.2, 0) is 39.1 Å². The third-order valence-electron chi connectivity index (χ3n) is 9.17. The van der Waals surface area contributed by atoms with Crippen LogP contribution in [0.1, 0.15) is 51.1 Å². The van der Waals surface area contributed by atoms with Gasteiger partial charge in [-0.3, -0.25) is 9.78 Å². The molecule has 1 aromatic heterocycles. The van der Waals surface area contributed by atoms with Gasteiger partial charge >= 0.3 is 6.03 Å². The summed E-state index contributed by atoms with van der Waals surface area (Å²) in [6, 6.07) is 19.3. The van der Waals surface area contributed by atoms with Crippen molar-refractivity contribution in [3.8, 4) is 5.75 Å². The summed E-state index contributed by atoms with van der Waals surface area (Å²) in [5.41, 5.74) is 2.36. The van der Waals surface area contributed by atoms with Crippen LogP contribution in [0.5, 0.6) is 5.75 Å². The Balaban J connectivity index is 1.58. The molecule has 1 aliphatic rings. The van der Waals surface area contributed by atoms with Gasteiger partial charge in [0.05, 0.1) is 48.7 Å². The lowest BCUT2D eigenvalue weighted by Crippen LogP contribution is -2.57. The fourth-order valence-electron chi connectivity index (χ4n) is 6.31. The van der Waals surface area contributed by atoms with Crippen molar-refractivity contribution < 1.29 is 32.6 Å². The molecule has 2 N–H and O–H groups in total. The van der Waals surface area contributed by atoms with E-state index in [-0.39, 0.29) is 42.3 Å². The van der Waals surface area contributed by atoms with E-state index >= 15 is 0 Å². The molecule has 51 heavy (non-hydrogen) atoms. The van der Waals surface area contributed by atoms with Crippen molar-refractivity contribution in [2.24, 2.45) is 11.8 Å². The zero-order valence-corrected chi connectivity index (χ0v) is 31.4. The highest BCUT2D eigenvalue weighted by Crippen LogP contribution is 2.24. The minimum atomic E-state index is -4.01. The molecular formula is C38H53N5O7S. The third kappa shape index (κ3) is 10.5. The van der Waals surface area contributed by atoms with Crippen molar-refractivity contribution in [1.29, 1.82) is 0 Å². The number of rotatable bonds is 19. The van der Waals surface area contributed by atoms with Crippen LogP contribution in [0.3, 0.4) is 0 Å². The molecule has 0 saturated carbocycles. The molecule has 2 heterocycles. The number of hydrogen-bond donors (Lipinski definition) is 2. The Morgan fingerprint density at radius 3 is 2.27 bits per heavy atom. The van der Waals surface area contributed by atoms with Crippen molar-refractivity contribution in [2.75, 3.05) is 40.4 Å². The molecule has 0 spiro atoms. The minimum absolute atomic E-state index is 0.0380. The number of benzene rings is 2. The number of nitrogens with one attached hydrogen (secondary N) is 1. The van der Waals surface area contributed by atoms with Crippen molar-refractivity contribution in [3.05, 3.63) is 89.7 Å². The summed E-state index contributed by atoms with van der Waals surface area (Å²) in [6.45, 7) is 9.08. The molecule has 1 saturated heterocycles. The smallest absolute Gasteiger partial charge is 0.321 e. The number of aromatic nitrogens is 1. The number of sulfonamides is 1. The first-order valence-corrected chi connectivity index (χ1v) is 19.0. The standard InChI is InChI=1S/C38H53N5O7S/c1-7-28(4)36(43-21-20-41(38(43)46)24-30-14-11-15-31(39-30)26-49-5)37(45)40-34(22-29-12-9-8-10-13-29)35(44)25-42(23-27(2)3)51(47,48)33-18-16-32(50-6)17-19-33/h8-19,27-28,34-36,44H,7,20-26H2,1-6H3,(H,40,45)/t28-,34-,35+,36-/m0/s1. The SMILES string of the molecule is CC[C@H](C)[C@@H](C(=O)N[C@@H](Cc1ccccc1)[C@H](O)CN(CC(C)C)S(=O)(=O)c1ccc(OC)cc1)N1CCN(Cc2cccc(COC)n2)C1=O. The van der Waals surface area contributed by atoms with Crippen LogP contribution in [0.2, 0.25) is 0 Å². The van der Waals surface area contributed by atoms with E-state index in [1.807, 2.05) is 76.2 Å². The van der Waals surface area contributed by atoms with Gasteiger partial charge < -0.3 is 29.7 Å². The van der Waals surface area contributed by atoms with Crippen molar-refractivity contribution in [2.45, 2.75) is 76.8 Å². The number of ether oxygens (including phenoxy) is 2. The second kappa shape index (κ2) is 18.5. The normalized spacial score (nSPS) is 16.0. The molecule has 1 aliphatic heterocycles. The topological polar surface area (TPSA) is 142 Å². The fraction of sp³-hybridized carbons (Fsp3) is 0.500. The zero-order chi connectivity index (χ0) is 37.1. The summed E-state index contributed by atoms with van der Waals surface area (Å²) in [7, 11) is -0.897. The van der Waals surface area contributed by atoms with Gasteiger partial charge in [0.1, 0.15) is 11.8 Å². The molecule has 2 aromatic carbocycles. The van der Waals surface area contributed by atoms with Crippen LogP contribution in [0.15, 0.2) is 77.7 Å². The van der Waals surface area contributed by atoms with Crippen LogP contribution in [0.25, 0.3) is 0 Å². The number of methoxy groups -OCH3 is 2. The summed E-state index contributed by atoms with van der Waals surface area (Å²) in [4.78, 5) is 36.1. The molecule has 0 aliphatic carbocycles. The van der Waals surface area contributed by atoms with Crippen molar-refractivity contribution in [1.82, 2.24) is 24.4 Å². The number of amides is 3. The van der Waals surface area contributed by atoms with Gasteiger partial charge in [0.25, 0.3) is 0 Å². The highest BCUT2D eigenvalue weighted by atomic mass is 32.2. The predicted molar refractivity (Wildman–Crippen MR) is 195 cm³/mol. The highest BCUT2D eigenvalue weighted by molar-refractivity contribution is 7.89. The molecule has 0 bridgehead atoms. The molecule has 12 nitrogen and oxygen atoms in total. The van der Waals surface area contributed by atoms with Crippen molar-refractivity contribution >= 4 is 22.0 Å². The van der Waals surface area contributed by atoms with Crippen LogP contribution in [0.4, 0.5) is 4.79 Å². The van der Waals surface area contributed by atoms with Crippen LogP contribution in [0, 0.1) is 11.8 Å². The average Bonchev–Trinajstić information content (AvgIpc) is 3.46. The van der Waals surface area contributed by atoms with Gasteiger partial charge in [-0.2, -0.15) is 4.31 Å². The molecule has 4 atom stereocenters. The molecule has 13 heteroatoms. The van der Waals surface area contributed by atoms with Crippen molar-refractivity contribution in [3.63, 3.8) is 0 Å². The van der Waals surface area contributed by atoms with E-state index in [9.17, 15) is 23.1 Å². The Hall–Kier alpha value is -4.04. The number of urea groups is 1. The lowest BCUT2D eigenvalue weighted by molar-refractivity contribution is -0.128. The lowest BCUT2D eigenvalue weighted by atomic mass is 9.95. The van der Waals surface area contributed by atoms with Gasteiger partial charge in [-0.15, -0.1) is 0 Å². The van der Waals surface area contributed by atoms with Crippen LogP contribution in [-0.4, -0.2) is 103 Å². The summed E-state index contributed by atoms with van der Waals surface area (Å²) in [5.74, 6) is -0.102. The number of nitrogens with zero attached hydrogens (tertiary/aromatic N) is 4. The average molecular weight is 724 g/mol. The van der Waals surface area contributed by atoms with Gasteiger partial charge in [0, 0.05) is 33.3 Å². The Kier molecular flexibility index (Phi) is 14.4. The quantitative estimate of drug-likeness (QED) is 0.186. The van der Waals surface area contributed by atoms with Gasteiger partial charge in [-0.05, 0) is 60.2 Å². The van der Waals surface area contributed by atoms with Gasteiger partial charge in [0.2, 0.25) is 15.9 Å². The lowest BCUT2D eigenvalue weighted by Gasteiger charge is -2.35. The second-order valence-corrected chi connectivity index (χ2v) is 15.5. The predicted octanol–water partition coefficient (Wildman–Crippen LogP) is 4.32. The Morgan fingerprint density at radius 1 is 0.961 bits per heavy atom. The fourth-order valence-corrected chi connectivity index (χ4v) is 7.93. The van der Waals surface area contributed by atoms with E-state index in [0.29, 0.717) is 38.4 Å². The van der Waals surface area contributed by atoms with E-state index in [1.165, 1.54) is 23.5 Å². The summed E-state index contributed by atoms with van der Waals surface area (Å²) in [5, 5.41) is 14.9. The molecule has 0 unspecified atom stereocenters. The first-order valence-electron chi connectivity index (χ1n) is 17.5. The molecule has 1 fully saturated rings. The molecular weight excluding hydrogens is 671 g/mol. The number of pyridine rings is 1. The maximum absolute atomic E-state index is 14.3. The number of carbonyl (C=O) groups excluding carboxylic acids is 2. The first kappa shape index (κ1) is 39.7. The van der Waals surface area contributed by atoms with Crippen LogP contribution >= 0.6 is 0 Å². The summed E-state index contributed by atoms with van der Waals surface area (Å²) in [6.07, 6.45) is -0.381. The minimum Gasteiger partial charge on any atom is -0.497 e. The largest absolute Gasteiger partial charge is 0.497 e. The van der Waals surface area contributed by atoms with Crippen LogP contribution < -0.4 is 10.1 Å². The molecule has 0 radical (unpaired) electrons. The monoisotopic (exact) mass is 723 g/mol. The second-order valence-electron chi connectivity index (χ2n) is 13.5. The number of aliphatic hydroxyl groups excluding tert-OH is 1. The Morgan fingerprint density at radius 2 is 1.65 bits per heavy atom. The number of carbonyl (C=O) groups is 2. The van der Waals surface area contributed by atoms with E-state index in [1.54, 1.807) is 29.0 Å². The van der Waals surface area contributed by atoms with E-state index in [2.05, 4.69) is 10.3 Å². The van der Waals surface area contributed by atoms with E-state index in [4.69, 9.17) is 9.47 Å². The first-order chi connectivity index (χ1) is 24.4. The molecule has 278 valence electrons. The zero-order valence-electron chi connectivity index (χ0n) is 30.6.